The average molecular weight is 300 g/mol. The van der Waals surface area contributed by atoms with Crippen molar-refractivity contribution in [2.75, 3.05) is 7.05 Å². The lowest BCUT2D eigenvalue weighted by Gasteiger charge is -2.19. The van der Waals surface area contributed by atoms with Crippen LogP contribution in [0.2, 0.25) is 0 Å². The fourth-order valence-electron chi connectivity index (χ4n) is 1.62. The van der Waals surface area contributed by atoms with Gasteiger partial charge in [0.2, 0.25) is 0 Å². The Morgan fingerprint density at radius 2 is 2.15 bits per heavy atom. The maximum atomic E-state index is 11.9. The van der Waals surface area contributed by atoms with Gasteiger partial charge in [-0.3, -0.25) is 0 Å². The van der Waals surface area contributed by atoms with Gasteiger partial charge in [0.25, 0.3) is 10.2 Å². The maximum Gasteiger partial charge on any atom is 0.279 e. The van der Waals surface area contributed by atoms with E-state index in [2.05, 4.69) is 9.88 Å². The molecule has 7 nitrogen and oxygen atoms in total. The number of nitrogens with zero attached hydrogens (tertiary/aromatic N) is 2. The lowest BCUT2D eigenvalue weighted by Crippen LogP contribution is -2.41. The van der Waals surface area contributed by atoms with Crippen LogP contribution in [0, 0.1) is 0 Å². The summed E-state index contributed by atoms with van der Waals surface area (Å²) in [6, 6.07) is 6.68. The second-order valence-corrected chi connectivity index (χ2v) is 6.53. The summed E-state index contributed by atoms with van der Waals surface area (Å²) >= 11 is 0. The molecule has 0 bridgehead atoms. The number of oxime groups is 1. The largest absolute Gasteiger partial charge is 0.409 e. The first-order chi connectivity index (χ1) is 9.26. The molecule has 0 unspecified atom stereocenters. The van der Waals surface area contributed by atoms with Crippen molar-refractivity contribution in [3.8, 4) is 0 Å². The molecular weight excluding hydrogens is 280 g/mol. The topological polar surface area (TPSA) is 108 Å². The predicted octanol–water partition coefficient (Wildman–Crippen LogP) is 0.456. The fourth-order valence-corrected chi connectivity index (χ4v) is 2.71. The number of amidine groups is 1. The molecule has 0 aliphatic heterocycles. The Bertz CT molecular complexity index is 584. The lowest BCUT2D eigenvalue weighted by molar-refractivity contribution is 0.318. The smallest absolute Gasteiger partial charge is 0.279 e. The second kappa shape index (κ2) is 6.69. The molecule has 0 amide bonds. The van der Waals surface area contributed by atoms with Crippen molar-refractivity contribution in [2.45, 2.75) is 26.4 Å². The van der Waals surface area contributed by atoms with Crippen LogP contribution in [0.3, 0.4) is 0 Å². The van der Waals surface area contributed by atoms with Crippen molar-refractivity contribution < 1.29 is 13.6 Å². The summed E-state index contributed by atoms with van der Waals surface area (Å²) in [7, 11) is -2.04. The van der Waals surface area contributed by atoms with Crippen LogP contribution in [0.15, 0.2) is 29.4 Å². The Balaban J connectivity index is 2.89. The standard InChI is InChI=1S/C12H20N4O3S/c1-9(2)15-20(18,19)16(3)8-10-5-4-6-11(7-10)12(13)14-17/h4-7,9,15,17H,8H2,1-3H3,(H2,13,14). The van der Waals surface area contributed by atoms with E-state index in [1.54, 1.807) is 38.1 Å². The van der Waals surface area contributed by atoms with E-state index in [1.807, 2.05) is 0 Å². The zero-order valence-electron chi connectivity index (χ0n) is 11.7. The van der Waals surface area contributed by atoms with Crippen LogP contribution in [0.4, 0.5) is 0 Å². The number of hydrogen-bond donors (Lipinski definition) is 3. The van der Waals surface area contributed by atoms with Gasteiger partial charge in [-0.1, -0.05) is 23.4 Å². The number of nitrogens with one attached hydrogen (secondary N) is 1. The Labute approximate surface area is 119 Å². The zero-order valence-corrected chi connectivity index (χ0v) is 12.6. The number of benzene rings is 1. The molecule has 0 fully saturated rings. The molecule has 0 spiro atoms. The molecular formula is C12H20N4O3S. The van der Waals surface area contributed by atoms with Crippen molar-refractivity contribution in [2.24, 2.45) is 10.9 Å². The van der Waals surface area contributed by atoms with Crippen molar-refractivity contribution in [3.63, 3.8) is 0 Å². The molecule has 0 aromatic heterocycles. The first kappa shape index (κ1) is 16.4. The Hall–Kier alpha value is -1.64. The van der Waals surface area contributed by atoms with Crippen LogP contribution in [-0.4, -0.2) is 36.9 Å². The van der Waals surface area contributed by atoms with Gasteiger partial charge in [-0.05, 0) is 25.5 Å². The van der Waals surface area contributed by atoms with Gasteiger partial charge in [0.05, 0.1) is 0 Å². The van der Waals surface area contributed by atoms with E-state index in [4.69, 9.17) is 10.9 Å². The first-order valence-electron chi connectivity index (χ1n) is 6.06. The molecule has 0 radical (unpaired) electrons. The number of rotatable bonds is 6. The number of hydrogen-bond acceptors (Lipinski definition) is 4. The Kier molecular flexibility index (Phi) is 5.49. The third kappa shape index (κ3) is 4.48. The van der Waals surface area contributed by atoms with Crippen molar-refractivity contribution in [3.05, 3.63) is 35.4 Å². The van der Waals surface area contributed by atoms with Crippen LogP contribution in [0.1, 0.15) is 25.0 Å². The quantitative estimate of drug-likeness (QED) is 0.307. The summed E-state index contributed by atoms with van der Waals surface area (Å²) in [5.74, 6) is -0.0161. The van der Waals surface area contributed by atoms with E-state index in [1.165, 1.54) is 11.4 Å². The van der Waals surface area contributed by atoms with Gasteiger partial charge in [0.15, 0.2) is 5.84 Å². The van der Waals surface area contributed by atoms with Gasteiger partial charge in [-0.2, -0.15) is 17.4 Å². The lowest BCUT2D eigenvalue weighted by atomic mass is 10.1. The predicted molar refractivity (Wildman–Crippen MR) is 77.6 cm³/mol. The average Bonchev–Trinajstić information content (AvgIpc) is 2.36. The SMILES string of the molecule is CC(C)NS(=O)(=O)N(C)Cc1cccc(/C(N)=N/O)c1. The first-order valence-corrected chi connectivity index (χ1v) is 7.50. The summed E-state index contributed by atoms with van der Waals surface area (Å²) in [6.45, 7) is 3.70. The molecule has 0 atom stereocenters. The minimum Gasteiger partial charge on any atom is -0.409 e. The van der Waals surface area contributed by atoms with E-state index >= 15 is 0 Å². The number of nitrogens with two attached hydrogens (primary N) is 1. The Morgan fingerprint density at radius 3 is 2.70 bits per heavy atom. The fraction of sp³-hybridized carbons (Fsp3) is 0.417. The highest BCUT2D eigenvalue weighted by molar-refractivity contribution is 7.87. The second-order valence-electron chi connectivity index (χ2n) is 4.72. The minimum atomic E-state index is -3.52. The summed E-state index contributed by atoms with van der Waals surface area (Å²) in [5.41, 5.74) is 6.78. The highest BCUT2D eigenvalue weighted by Gasteiger charge is 2.18. The molecule has 0 heterocycles. The van der Waals surface area contributed by atoms with Gasteiger partial charge in [0.1, 0.15) is 0 Å². The van der Waals surface area contributed by atoms with E-state index in [-0.39, 0.29) is 18.4 Å². The molecule has 0 saturated heterocycles. The normalized spacial score (nSPS) is 13.2. The molecule has 20 heavy (non-hydrogen) atoms. The van der Waals surface area contributed by atoms with Crippen molar-refractivity contribution >= 4 is 16.0 Å². The van der Waals surface area contributed by atoms with E-state index in [0.29, 0.717) is 5.56 Å². The van der Waals surface area contributed by atoms with Gasteiger partial charge >= 0.3 is 0 Å². The van der Waals surface area contributed by atoms with Crippen LogP contribution >= 0.6 is 0 Å². The summed E-state index contributed by atoms with van der Waals surface area (Å²) in [6.07, 6.45) is 0. The molecule has 0 aliphatic carbocycles. The minimum absolute atomic E-state index is 0.0161. The summed E-state index contributed by atoms with van der Waals surface area (Å²) in [4.78, 5) is 0. The molecule has 1 rings (SSSR count). The molecule has 0 aliphatic rings. The van der Waals surface area contributed by atoms with E-state index < -0.39 is 10.2 Å². The van der Waals surface area contributed by atoms with E-state index in [0.717, 1.165) is 5.56 Å². The van der Waals surface area contributed by atoms with Crippen LogP contribution in [0.5, 0.6) is 0 Å². The molecule has 112 valence electrons. The monoisotopic (exact) mass is 300 g/mol. The molecule has 4 N–H and O–H groups in total. The third-order valence-corrected chi connectivity index (χ3v) is 4.25. The maximum absolute atomic E-state index is 11.9. The summed E-state index contributed by atoms with van der Waals surface area (Å²) in [5, 5.41) is 11.6. The van der Waals surface area contributed by atoms with Gasteiger partial charge in [0, 0.05) is 25.2 Å². The third-order valence-electron chi connectivity index (χ3n) is 2.53. The van der Waals surface area contributed by atoms with Crippen LogP contribution in [0.25, 0.3) is 0 Å². The van der Waals surface area contributed by atoms with Gasteiger partial charge in [-0.25, -0.2) is 0 Å². The highest BCUT2D eigenvalue weighted by atomic mass is 32.2. The summed E-state index contributed by atoms with van der Waals surface area (Å²) < 4.78 is 27.6. The van der Waals surface area contributed by atoms with Crippen molar-refractivity contribution in [1.82, 2.24) is 9.03 Å². The molecule has 8 heteroatoms. The van der Waals surface area contributed by atoms with Crippen LogP contribution < -0.4 is 10.5 Å². The Morgan fingerprint density at radius 1 is 1.50 bits per heavy atom. The van der Waals surface area contributed by atoms with Gasteiger partial charge in [-0.15, -0.1) is 0 Å². The molecule has 1 aromatic rings. The van der Waals surface area contributed by atoms with Gasteiger partial charge < -0.3 is 10.9 Å². The molecule has 1 aromatic carbocycles. The highest BCUT2D eigenvalue weighted by Crippen LogP contribution is 2.09. The van der Waals surface area contributed by atoms with Crippen LogP contribution in [-0.2, 0) is 16.8 Å². The van der Waals surface area contributed by atoms with E-state index in [9.17, 15) is 8.42 Å². The molecule has 0 saturated carbocycles. The van der Waals surface area contributed by atoms with Crippen molar-refractivity contribution in [1.29, 1.82) is 0 Å². The zero-order chi connectivity index (χ0) is 15.3.